The van der Waals surface area contributed by atoms with E-state index in [0.29, 0.717) is 5.56 Å². The van der Waals surface area contributed by atoms with Crippen LogP contribution in [0.5, 0.6) is 0 Å². The van der Waals surface area contributed by atoms with Crippen molar-refractivity contribution < 1.29 is 0 Å². The molecule has 0 saturated carbocycles. The number of para-hydroxylation sites is 3. The van der Waals surface area contributed by atoms with Gasteiger partial charge in [-0.2, -0.15) is 5.26 Å². The molecule has 7 aromatic carbocycles. The molecule has 44 heavy (non-hydrogen) atoms. The fraction of sp³-hybridized carbons (Fsp3) is 0. The molecule has 204 valence electrons. The molecule has 0 aliphatic heterocycles. The minimum absolute atomic E-state index is 0.676. The molecule has 2 aromatic heterocycles. The van der Waals surface area contributed by atoms with Crippen molar-refractivity contribution in [2.24, 2.45) is 0 Å². The Morgan fingerprint density at radius 3 is 1.77 bits per heavy atom. The predicted octanol–water partition coefficient (Wildman–Crippen LogP) is 10.6. The van der Waals surface area contributed by atoms with Gasteiger partial charge in [0.25, 0.3) is 0 Å². The zero-order valence-electron chi connectivity index (χ0n) is 23.8. The van der Waals surface area contributed by atoms with Crippen molar-refractivity contribution in [2.75, 3.05) is 0 Å². The zero-order chi connectivity index (χ0) is 29.2. The maximum atomic E-state index is 9.37. The van der Waals surface area contributed by atoms with Crippen molar-refractivity contribution in [3.05, 3.63) is 157 Å². The van der Waals surface area contributed by atoms with Gasteiger partial charge in [-0.25, -0.2) is 0 Å². The number of nitriles is 1. The summed E-state index contributed by atoms with van der Waals surface area (Å²) in [5.41, 5.74) is 10.1. The molecule has 0 atom stereocenters. The molecular formula is C41H25N3. The molecule has 0 amide bonds. The maximum Gasteiger partial charge on any atom is 0.0991 e. The monoisotopic (exact) mass is 559 g/mol. The Labute approximate surface area is 254 Å². The average Bonchev–Trinajstić information content (AvgIpc) is 3.60. The van der Waals surface area contributed by atoms with Gasteiger partial charge in [-0.15, -0.1) is 0 Å². The minimum Gasteiger partial charge on any atom is -0.309 e. The first-order chi connectivity index (χ1) is 21.8. The number of hydrogen-bond donors (Lipinski definition) is 0. The molecule has 0 aliphatic rings. The lowest BCUT2D eigenvalue weighted by atomic mass is 10.0. The second kappa shape index (κ2) is 9.46. The highest BCUT2D eigenvalue weighted by molar-refractivity contribution is 6.12. The molecular weight excluding hydrogens is 534 g/mol. The summed E-state index contributed by atoms with van der Waals surface area (Å²) >= 11 is 0. The predicted molar refractivity (Wildman–Crippen MR) is 183 cm³/mol. The van der Waals surface area contributed by atoms with Crippen molar-refractivity contribution in [1.29, 1.82) is 5.26 Å². The Morgan fingerprint density at radius 2 is 0.977 bits per heavy atom. The quantitative estimate of drug-likeness (QED) is 0.212. The average molecular weight is 560 g/mol. The summed E-state index contributed by atoms with van der Waals surface area (Å²) in [4.78, 5) is 0. The molecule has 0 N–H and O–H groups in total. The van der Waals surface area contributed by atoms with Crippen LogP contribution in [0.4, 0.5) is 0 Å². The highest BCUT2D eigenvalue weighted by Crippen LogP contribution is 2.38. The van der Waals surface area contributed by atoms with Gasteiger partial charge in [0.2, 0.25) is 0 Å². The summed E-state index contributed by atoms with van der Waals surface area (Å²) < 4.78 is 4.72. The van der Waals surface area contributed by atoms with Crippen molar-refractivity contribution in [3.63, 3.8) is 0 Å². The van der Waals surface area contributed by atoms with Gasteiger partial charge in [-0.1, -0.05) is 84.9 Å². The zero-order valence-corrected chi connectivity index (χ0v) is 23.8. The molecule has 0 aliphatic carbocycles. The van der Waals surface area contributed by atoms with Gasteiger partial charge in [-0.3, -0.25) is 0 Å². The van der Waals surface area contributed by atoms with Gasteiger partial charge in [0.05, 0.1) is 33.7 Å². The van der Waals surface area contributed by atoms with E-state index in [9.17, 15) is 5.26 Å². The van der Waals surface area contributed by atoms with Gasteiger partial charge in [-0.05, 0) is 88.6 Å². The van der Waals surface area contributed by atoms with E-state index < -0.39 is 0 Å². The Bertz CT molecular complexity index is 2610. The molecule has 9 rings (SSSR count). The van der Waals surface area contributed by atoms with Gasteiger partial charge in [0.1, 0.15) is 0 Å². The Balaban J connectivity index is 1.26. The fourth-order valence-electron chi connectivity index (χ4n) is 6.88. The molecule has 0 radical (unpaired) electrons. The number of aromatic nitrogens is 2. The Hall–Kier alpha value is -6.11. The lowest BCUT2D eigenvalue weighted by molar-refractivity contribution is 1.18. The van der Waals surface area contributed by atoms with Crippen LogP contribution in [0.15, 0.2) is 152 Å². The highest BCUT2D eigenvalue weighted by Gasteiger charge is 2.16. The second-order valence-corrected chi connectivity index (χ2v) is 11.4. The van der Waals surface area contributed by atoms with Crippen molar-refractivity contribution >= 4 is 54.4 Å². The summed E-state index contributed by atoms with van der Waals surface area (Å²) in [6.07, 6.45) is 0. The second-order valence-electron chi connectivity index (χ2n) is 11.4. The summed E-state index contributed by atoms with van der Waals surface area (Å²) in [7, 11) is 0. The molecule has 0 spiro atoms. The van der Waals surface area contributed by atoms with E-state index >= 15 is 0 Å². The summed E-state index contributed by atoms with van der Waals surface area (Å²) in [5, 5.41) is 16.5. The van der Waals surface area contributed by atoms with Crippen LogP contribution in [0.25, 0.3) is 76.9 Å². The molecule has 3 nitrogen and oxygen atoms in total. The summed E-state index contributed by atoms with van der Waals surface area (Å²) in [6, 6.07) is 56.2. The first-order valence-corrected chi connectivity index (χ1v) is 14.8. The molecule has 2 heterocycles. The fourth-order valence-corrected chi connectivity index (χ4v) is 6.88. The van der Waals surface area contributed by atoms with Gasteiger partial charge < -0.3 is 9.13 Å². The molecule has 3 heteroatoms. The van der Waals surface area contributed by atoms with Crippen molar-refractivity contribution in [2.45, 2.75) is 0 Å². The third-order valence-electron chi connectivity index (χ3n) is 8.91. The SMILES string of the molecule is N#Cc1ccc2cc(-n3c4ccccc4c4ccc(-c5ccc6c(c5)c5ccccc5n6-c5ccccc5)cc43)ccc2c1. The number of rotatable bonds is 3. The summed E-state index contributed by atoms with van der Waals surface area (Å²) in [6.45, 7) is 0. The lowest BCUT2D eigenvalue weighted by Crippen LogP contribution is -1.94. The Kier molecular flexibility index (Phi) is 5.26. The molecule has 0 unspecified atom stereocenters. The lowest BCUT2D eigenvalue weighted by Gasteiger charge is -2.11. The number of benzene rings is 7. The number of nitrogens with zero attached hydrogens (tertiary/aromatic N) is 3. The van der Waals surface area contributed by atoms with Crippen LogP contribution in [-0.4, -0.2) is 9.13 Å². The highest BCUT2D eigenvalue weighted by atomic mass is 15.0. The number of fused-ring (bicyclic) bond motifs is 7. The van der Waals surface area contributed by atoms with E-state index in [0.717, 1.165) is 22.1 Å². The van der Waals surface area contributed by atoms with E-state index in [4.69, 9.17) is 0 Å². The van der Waals surface area contributed by atoms with Gasteiger partial charge >= 0.3 is 0 Å². The standard InChI is InChI=1S/C41H25N3/c42-26-27-14-15-29-23-33(19-16-28(29)22-27)44-38-12-6-4-10-34(38)36-20-17-31(25-41(36)44)30-18-21-40-37(24-30)35-11-5-7-13-39(35)43(40)32-8-2-1-3-9-32/h1-25H. The largest absolute Gasteiger partial charge is 0.309 e. The summed E-state index contributed by atoms with van der Waals surface area (Å²) in [5.74, 6) is 0. The number of hydrogen-bond acceptors (Lipinski definition) is 1. The van der Waals surface area contributed by atoms with Gasteiger partial charge in [0, 0.05) is 32.9 Å². The molecule has 0 fully saturated rings. The van der Waals surface area contributed by atoms with E-state index in [2.05, 4.69) is 149 Å². The van der Waals surface area contributed by atoms with Crippen LogP contribution in [0, 0.1) is 11.3 Å². The van der Waals surface area contributed by atoms with Crippen LogP contribution in [0.1, 0.15) is 5.56 Å². The van der Waals surface area contributed by atoms with Crippen LogP contribution < -0.4 is 0 Å². The van der Waals surface area contributed by atoms with Crippen LogP contribution in [0.3, 0.4) is 0 Å². The van der Waals surface area contributed by atoms with Crippen LogP contribution >= 0.6 is 0 Å². The molecule has 9 aromatic rings. The van der Waals surface area contributed by atoms with Crippen molar-refractivity contribution in [3.8, 4) is 28.6 Å². The smallest absolute Gasteiger partial charge is 0.0991 e. The Morgan fingerprint density at radius 1 is 0.386 bits per heavy atom. The first kappa shape index (κ1) is 24.5. The topological polar surface area (TPSA) is 33.6 Å². The molecule has 0 bridgehead atoms. The third kappa shape index (κ3) is 3.62. The van der Waals surface area contributed by atoms with Crippen LogP contribution in [-0.2, 0) is 0 Å². The van der Waals surface area contributed by atoms with E-state index in [1.165, 1.54) is 54.7 Å². The minimum atomic E-state index is 0.676. The van der Waals surface area contributed by atoms with E-state index in [1.807, 2.05) is 18.2 Å². The van der Waals surface area contributed by atoms with E-state index in [-0.39, 0.29) is 0 Å². The van der Waals surface area contributed by atoms with Gasteiger partial charge in [0.15, 0.2) is 0 Å². The van der Waals surface area contributed by atoms with Crippen LogP contribution in [0.2, 0.25) is 0 Å². The van der Waals surface area contributed by atoms with Crippen molar-refractivity contribution in [1.82, 2.24) is 9.13 Å². The maximum absolute atomic E-state index is 9.37. The normalized spacial score (nSPS) is 11.6. The van der Waals surface area contributed by atoms with E-state index in [1.54, 1.807) is 0 Å². The first-order valence-electron chi connectivity index (χ1n) is 14.8. The third-order valence-corrected chi connectivity index (χ3v) is 8.91. The molecule has 0 saturated heterocycles.